The predicted octanol–water partition coefficient (Wildman–Crippen LogP) is 4.96. The third-order valence-electron chi connectivity index (χ3n) is 2.16. The Balaban J connectivity index is 2.35. The van der Waals surface area contributed by atoms with E-state index in [1.807, 2.05) is 12.1 Å². The Morgan fingerprint density at radius 3 is 2.35 bits per heavy atom. The van der Waals surface area contributed by atoms with Crippen molar-refractivity contribution in [3.05, 3.63) is 58.1 Å². The van der Waals surface area contributed by atoms with Crippen LogP contribution in [0, 0.1) is 0 Å². The molecule has 0 radical (unpaired) electrons. The Morgan fingerprint density at radius 2 is 1.71 bits per heavy atom. The largest absolute Gasteiger partial charge is 0.298 e. The number of rotatable bonds is 3. The molecule has 0 aliphatic rings. The van der Waals surface area contributed by atoms with Crippen molar-refractivity contribution >= 4 is 41.2 Å². The van der Waals surface area contributed by atoms with E-state index in [2.05, 4.69) is 0 Å². The lowest BCUT2D eigenvalue weighted by Crippen LogP contribution is -1.86. The highest BCUT2D eigenvalue weighted by molar-refractivity contribution is 7.99. The highest BCUT2D eigenvalue weighted by atomic mass is 35.5. The third-order valence-corrected chi connectivity index (χ3v) is 4.00. The zero-order valence-corrected chi connectivity index (χ0v) is 11.0. The fourth-order valence-electron chi connectivity index (χ4n) is 1.35. The van der Waals surface area contributed by atoms with Crippen molar-refractivity contribution in [1.82, 2.24) is 0 Å². The molecule has 0 aliphatic heterocycles. The fraction of sp³-hybridized carbons (Fsp3) is 0. The quantitative estimate of drug-likeness (QED) is 0.741. The van der Waals surface area contributed by atoms with E-state index < -0.39 is 0 Å². The van der Waals surface area contributed by atoms with E-state index in [1.165, 1.54) is 11.8 Å². The van der Waals surface area contributed by atoms with Crippen LogP contribution in [0.4, 0.5) is 0 Å². The molecule has 2 rings (SSSR count). The van der Waals surface area contributed by atoms with Gasteiger partial charge in [-0.05, 0) is 30.3 Å². The van der Waals surface area contributed by atoms with Gasteiger partial charge in [-0.3, -0.25) is 4.79 Å². The van der Waals surface area contributed by atoms with Gasteiger partial charge in [0.2, 0.25) is 0 Å². The van der Waals surface area contributed by atoms with Gasteiger partial charge in [0, 0.05) is 20.4 Å². The van der Waals surface area contributed by atoms with Gasteiger partial charge < -0.3 is 0 Å². The first kappa shape index (κ1) is 12.5. The van der Waals surface area contributed by atoms with Crippen molar-refractivity contribution < 1.29 is 4.79 Å². The number of hydrogen-bond acceptors (Lipinski definition) is 2. The van der Waals surface area contributed by atoms with Crippen LogP contribution in [0.5, 0.6) is 0 Å². The maximum absolute atomic E-state index is 10.9. The monoisotopic (exact) mass is 282 g/mol. The van der Waals surface area contributed by atoms with Gasteiger partial charge in [0.15, 0.2) is 6.29 Å². The van der Waals surface area contributed by atoms with E-state index >= 15 is 0 Å². The molecule has 0 aromatic heterocycles. The molecule has 2 aromatic rings. The Morgan fingerprint density at radius 1 is 1.00 bits per heavy atom. The Hall–Kier alpha value is -0.960. The number of aldehydes is 1. The first-order chi connectivity index (χ1) is 8.20. The lowest BCUT2D eigenvalue weighted by Gasteiger charge is -2.06. The number of carbonyl (C=O) groups excluding carboxylic acids is 1. The second kappa shape index (κ2) is 5.58. The van der Waals surface area contributed by atoms with Gasteiger partial charge in [-0.25, -0.2) is 0 Å². The van der Waals surface area contributed by atoms with Crippen molar-refractivity contribution in [3.8, 4) is 0 Å². The van der Waals surface area contributed by atoms with Gasteiger partial charge >= 0.3 is 0 Å². The van der Waals surface area contributed by atoms with E-state index in [1.54, 1.807) is 30.3 Å². The molecule has 2 aromatic carbocycles. The summed E-state index contributed by atoms with van der Waals surface area (Å²) < 4.78 is 0. The summed E-state index contributed by atoms with van der Waals surface area (Å²) in [4.78, 5) is 12.7. The molecule has 4 heteroatoms. The van der Waals surface area contributed by atoms with E-state index in [-0.39, 0.29) is 0 Å². The molecule has 0 atom stereocenters. The normalized spacial score (nSPS) is 10.2. The zero-order valence-electron chi connectivity index (χ0n) is 8.69. The summed E-state index contributed by atoms with van der Waals surface area (Å²) in [5.74, 6) is 0. The molecule has 0 fully saturated rings. The van der Waals surface area contributed by atoms with E-state index in [0.29, 0.717) is 15.6 Å². The third kappa shape index (κ3) is 3.03. The maximum Gasteiger partial charge on any atom is 0.151 e. The Labute approximate surface area is 114 Å². The standard InChI is InChI=1S/C13H8Cl2OS/c14-10-4-6-11(7-5-10)17-13-9(8-16)2-1-3-12(13)15/h1-8H. The second-order valence-corrected chi connectivity index (χ2v) is 5.26. The number of halogens is 2. The van der Waals surface area contributed by atoms with Crippen LogP contribution in [0.15, 0.2) is 52.3 Å². The van der Waals surface area contributed by atoms with Gasteiger partial charge in [0.1, 0.15) is 0 Å². The minimum Gasteiger partial charge on any atom is -0.298 e. The minimum absolute atomic E-state index is 0.578. The van der Waals surface area contributed by atoms with Crippen LogP contribution in [0.3, 0.4) is 0 Å². The van der Waals surface area contributed by atoms with Gasteiger partial charge in [-0.1, -0.05) is 47.1 Å². The summed E-state index contributed by atoms with van der Waals surface area (Å²) in [6, 6.07) is 12.7. The van der Waals surface area contributed by atoms with Gasteiger partial charge in [-0.2, -0.15) is 0 Å². The van der Waals surface area contributed by atoms with E-state index in [9.17, 15) is 4.79 Å². The van der Waals surface area contributed by atoms with Gasteiger partial charge in [-0.15, -0.1) is 0 Å². The summed E-state index contributed by atoms with van der Waals surface area (Å²) in [6.07, 6.45) is 0.810. The van der Waals surface area contributed by atoms with Crippen LogP contribution in [0.2, 0.25) is 10.0 Å². The summed E-state index contributed by atoms with van der Waals surface area (Å²) in [6.45, 7) is 0. The first-order valence-electron chi connectivity index (χ1n) is 4.88. The lowest BCUT2D eigenvalue weighted by atomic mass is 10.2. The van der Waals surface area contributed by atoms with Crippen molar-refractivity contribution in [3.63, 3.8) is 0 Å². The lowest BCUT2D eigenvalue weighted by molar-refractivity contribution is 0.112. The Bertz CT molecular complexity index is 538. The molecule has 0 amide bonds. The zero-order chi connectivity index (χ0) is 12.3. The summed E-state index contributed by atoms with van der Waals surface area (Å²) in [7, 11) is 0. The van der Waals surface area contributed by atoms with E-state index in [4.69, 9.17) is 23.2 Å². The van der Waals surface area contributed by atoms with Gasteiger partial charge in [0.25, 0.3) is 0 Å². The molecule has 0 N–H and O–H groups in total. The highest BCUT2D eigenvalue weighted by Gasteiger charge is 2.08. The van der Waals surface area contributed by atoms with Crippen LogP contribution in [-0.4, -0.2) is 6.29 Å². The smallest absolute Gasteiger partial charge is 0.151 e. The molecule has 1 nitrogen and oxygen atoms in total. The molecular formula is C13H8Cl2OS. The van der Waals surface area contributed by atoms with Crippen molar-refractivity contribution in [2.75, 3.05) is 0 Å². The summed E-state index contributed by atoms with van der Waals surface area (Å²) in [5, 5.41) is 1.26. The van der Waals surface area contributed by atoms with Crippen LogP contribution in [0.25, 0.3) is 0 Å². The molecule has 0 bridgehead atoms. The SMILES string of the molecule is O=Cc1cccc(Cl)c1Sc1ccc(Cl)cc1. The molecule has 0 unspecified atom stereocenters. The molecular weight excluding hydrogens is 275 g/mol. The molecule has 0 spiro atoms. The summed E-state index contributed by atoms with van der Waals surface area (Å²) in [5.41, 5.74) is 0.595. The first-order valence-corrected chi connectivity index (χ1v) is 6.45. The van der Waals surface area contributed by atoms with Gasteiger partial charge in [0.05, 0.1) is 5.02 Å². The van der Waals surface area contributed by atoms with Crippen LogP contribution < -0.4 is 0 Å². The Kier molecular flexibility index (Phi) is 4.11. The number of benzene rings is 2. The minimum atomic E-state index is 0.578. The molecule has 0 saturated heterocycles. The molecule has 0 saturated carbocycles. The number of hydrogen-bond donors (Lipinski definition) is 0. The van der Waals surface area contributed by atoms with Crippen molar-refractivity contribution in [1.29, 1.82) is 0 Å². The highest BCUT2D eigenvalue weighted by Crippen LogP contribution is 2.35. The van der Waals surface area contributed by atoms with Crippen LogP contribution >= 0.6 is 35.0 Å². The second-order valence-electron chi connectivity index (χ2n) is 3.33. The molecule has 17 heavy (non-hydrogen) atoms. The van der Waals surface area contributed by atoms with Crippen LogP contribution in [-0.2, 0) is 0 Å². The van der Waals surface area contributed by atoms with E-state index in [0.717, 1.165) is 16.1 Å². The molecule has 0 aliphatic carbocycles. The number of carbonyl (C=O) groups is 1. The fourth-order valence-corrected chi connectivity index (χ4v) is 2.68. The average molecular weight is 283 g/mol. The summed E-state index contributed by atoms with van der Waals surface area (Å²) >= 11 is 13.3. The average Bonchev–Trinajstić information content (AvgIpc) is 2.34. The molecule has 86 valence electrons. The topological polar surface area (TPSA) is 17.1 Å². The molecule has 0 heterocycles. The predicted molar refractivity (Wildman–Crippen MR) is 72.4 cm³/mol. The maximum atomic E-state index is 10.9. The van der Waals surface area contributed by atoms with Crippen LogP contribution in [0.1, 0.15) is 10.4 Å². The van der Waals surface area contributed by atoms with Crippen molar-refractivity contribution in [2.24, 2.45) is 0 Å². The van der Waals surface area contributed by atoms with Crippen molar-refractivity contribution in [2.45, 2.75) is 9.79 Å².